The quantitative estimate of drug-likeness (QED) is 0.510. The fraction of sp³-hybridized carbons (Fsp3) is 0.545. The summed E-state index contributed by atoms with van der Waals surface area (Å²) in [6.07, 6.45) is 0.780. The lowest BCUT2D eigenvalue weighted by molar-refractivity contribution is -0.00588. The van der Waals surface area contributed by atoms with Crippen LogP contribution < -0.4 is 0 Å². The van der Waals surface area contributed by atoms with Crippen LogP contribution >= 0.6 is 0 Å². The summed E-state index contributed by atoms with van der Waals surface area (Å²) in [4.78, 5) is 14.9. The molecule has 0 unspecified atom stereocenters. The van der Waals surface area contributed by atoms with Crippen LogP contribution in [0.1, 0.15) is 5.69 Å². The molecule has 8 nitrogen and oxygen atoms in total. The third-order valence-corrected chi connectivity index (χ3v) is 2.85. The molecule has 1 fully saturated rings. The van der Waals surface area contributed by atoms with Gasteiger partial charge in [0.05, 0.1) is 25.2 Å². The van der Waals surface area contributed by atoms with Gasteiger partial charge in [-0.2, -0.15) is 0 Å². The highest BCUT2D eigenvalue weighted by atomic mass is 16.5. The topological polar surface area (TPSA) is 124 Å². The van der Waals surface area contributed by atoms with Crippen LogP contribution in [-0.4, -0.2) is 66.8 Å². The van der Waals surface area contributed by atoms with Gasteiger partial charge in [-0.3, -0.25) is 0 Å². The molecule has 1 saturated heterocycles. The molecule has 0 aliphatic carbocycles. The van der Waals surface area contributed by atoms with Crippen molar-refractivity contribution in [3.05, 3.63) is 18.3 Å². The molecule has 0 bridgehead atoms. The van der Waals surface area contributed by atoms with Gasteiger partial charge in [0.15, 0.2) is 5.65 Å². The van der Waals surface area contributed by atoms with E-state index in [1.54, 1.807) is 6.33 Å². The minimum absolute atomic E-state index is 0.117. The predicted molar refractivity (Wildman–Crippen MR) is 65.3 cm³/mol. The van der Waals surface area contributed by atoms with E-state index in [0.717, 1.165) is 16.9 Å². The van der Waals surface area contributed by atoms with Gasteiger partial charge in [-0.25, -0.2) is 15.0 Å². The van der Waals surface area contributed by atoms with Crippen LogP contribution in [0, 0.1) is 6.92 Å². The Hall–Kier alpha value is -1.61. The second-order valence-electron chi connectivity index (χ2n) is 4.17. The Morgan fingerprint density at radius 2 is 2.16 bits per heavy atom. The molecule has 0 radical (unpaired) electrons. The standard InChI is InChI=1S/C6H6N4.C5H10O4/c1-4-5-6(9-2-7-4)10-3-8-5;6-1-4-5(8)3(7)2-9-4/h2-3H,1H3,(H,7,8,9,10);3-8H,1-2H2/t;3-,4+,5-/m.0/s1. The molecule has 0 aromatic carbocycles. The van der Waals surface area contributed by atoms with Crippen LogP contribution in [0.3, 0.4) is 0 Å². The van der Waals surface area contributed by atoms with Crippen LogP contribution in [0.25, 0.3) is 11.2 Å². The molecule has 104 valence electrons. The first-order valence-corrected chi connectivity index (χ1v) is 5.82. The first-order chi connectivity index (χ1) is 9.13. The van der Waals surface area contributed by atoms with Gasteiger partial charge < -0.3 is 25.0 Å². The summed E-state index contributed by atoms with van der Waals surface area (Å²) in [5.41, 5.74) is 2.58. The molecular weight excluding hydrogens is 252 g/mol. The highest BCUT2D eigenvalue weighted by Gasteiger charge is 2.33. The summed E-state index contributed by atoms with van der Waals surface area (Å²) in [6, 6.07) is 0. The average molecular weight is 268 g/mol. The van der Waals surface area contributed by atoms with Crippen LogP contribution in [0.15, 0.2) is 12.7 Å². The zero-order valence-electron chi connectivity index (χ0n) is 10.4. The number of fused-ring (bicyclic) bond motifs is 1. The van der Waals surface area contributed by atoms with Crippen LogP contribution in [0.4, 0.5) is 0 Å². The lowest BCUT2D eigenvalue weighted by Crippen LogP contribution is -2.31. The third-order valence-electron chi connectivity index (χ3n) is 2.85. The molecule has 2 aromatic rings. The molecule has 2 aromatic heterocycles. The number of aryl methyl sites for hydroxylation is 1. The van der Waals surface area contributed by atoms with Gasteiger partial charge in [-0.15, -0.1) is 0 Å². The van der Waals surface area contributed by atoms with Gasteiger partial charge in [-0.1, -0.05) is 0 Å². The van der Waals surface area contributed by atoms with Crippen molar-refractivity contribution < 1.29 is 20.1 Å². The Bertz CT molecular complexity index is 532. The number of aromatic nitrogens is 4. The fourth-order valence-corrected chi connectivity index (χ4v) is 1.71. The van der Waals surface area contributed by atoms with Crippen molar-refractivity contribution in [2.24, 2.45) is 0 Å². The molecule has 3 rings (SSSR count). The summed E-state index contributed by atoms with van der Waals surface area (Å²) in [7, 11) is 0. The van der Waals surface area contributed by atoms with Gasteiger partial charge in [-0.05, 0) is 6.92 Å². The summed E-state index contributed by atoms with van der Waals surface area (Å²) in [5, 5.41) is 26.2. The molecule has 3 heterocycles. The van der Waals surface area contributed by atoms with E-state index in [4.69, 9.17) is 20.1 Å². The highest BCUT2D eigenvalue weighted by molar-refractivity contribution is 5.71. The lowest BCUT2D eigenvalue weighted by atomic mass is 10.2. The maximum Gasteiger partial charge on any atom is 0.180 e. The number of aliphatic hydroxyl groups is 3. The van der Waals surface area contributed by atoms with Crippen molar-refractivity contribution in [2.45, 2.75) is 25.2 Å². The van der Waals surface area contributed by atoms with Crippen LogP contribution in [0.2, 0.25) is 0 Å². The number of rotatable bonds is 1. The Labute approximate surface area is 109 Å². The van der Waals surface area contributed by atoms with Gasteiger partial charge in [0.1, 0.15) is 30.2 Å². The predicted octanol–water partition coefficient (Wildman–Crippen LogP) is -1.24. The van der Waals surface area contributed by atoms with E-state index >= 15 is 0 Å². The lowest BCUT2D eigenvalue weighted by Gasteiger charge is -2.10. The number of ether oxygens (including phenoxy) is 1. The van der Waals surface area contributed by atoms with E-state index in [2.05, 4.69) is 19.9 Å². The number of aromatic amines is 1. The summed E-state index contributed by atoms with van der Waals surface area (Å²) in [6.45, 7) is 1.80. The number of aliphatic hydroxyl groups excluding tert-OH is 3. The van der Waals surface area contributed by atoms with Gasteiger partial charge in [0, 0.05) is 0 Å². The maximum absolute atomic E-state index is 8.92. The maximum atomic E-state index is 8.92. The van der Waals surface area contributed by atoms with E-state index < -0.39 is 18.3 Å². The van der Waals surface area contributed by atoms with Crippen molar-refractivity contribution >= 4 is 11.2 Å². The summed E-state index contributed by atoms with van der Waals surface area (Å²) < 4.78 is 4.78. The molecule has 1 aliphatic rings. The van der Waals surface area contributed by atoms with E-state index in [1.807, 2.05) is 6.92 Å². The zero-order valence-corrected chi connectivity index (χ0v) is 10.4. The normalized spacial score (nSPS) is 26.2. The first kappa shape index (κ1) is 13.8. The fourth-order valence-electron chi connectivity index (χ4n) is 1.71. The number of imidazole rings is 1. The molecular formula is C11H16N4O4. The van der Waals surface area contributed by atoms with Crippen molar-refractivity contribution in [3.63, 3.8) is 0 Å². The van der Waals surface area contributed by atoms with Crippen LogP contribution in [0.5, 0.6) is 0 Å². The van der Waals surface area contributed by atoms with E-state index in [1.165, 1.54) is 6.33 Å². The molecule has 0 amide bonds. The summed E-state index contributed by atoms with van der Waals surface area (Å²) >= 11 is 0. The van der Waals surface area contributed by atoms with E-state index in [9.17, 15) is 0 Å². The van der Waals surface area contributed by atoms with E-state index in [-0.39, 0.29) is 13.2 Å². The molecule has 3 atom stereocenters. The second-order valence-corrected chi connectivity index (χ2v) is 4.17. The minimum Gasteiger partial charge on any atom is -0.394 e. The number of hydrogen-bond acceptors (Lipinski definition) is 7. The third kappa shape index (κ3) is 3.04. The first-order valence-electron chi connectivity index (χ1n) is 5.82. The molecule has 0 saturated carbocycles. The Kier molecular flexibility index (Phi) is 4.38. The Morgan fingerprint density at radius 1 is 1.37 bits per heavy atom. The number of nitrogens with zero attached hydrogens (tertiary/aromatic N) is 3. The second kappa shape index (κ2) is 6.02. The average Bonchev–Trinajstić information content (AvgIpc) is 3.00. The largest absolute Gasteiger partial charge is 0.394 e. The molecule has 4 N–H and O–H groups in total. The molecule has 8 heteroatoms. The van der Waals surface area contributed by atoms with Crippen molar-refractivity contribution in [1.82, 2.24) is 19.9 Å². The molecule has 19 heavy (non-hydrogen) atoms. The Balaban J connectivity index is 0.000000141. The van der Waals surface area contributed by atoms with Crippen molar-refractivity contribution in [2.75, 3.05) is 13.2 Å². The number of hydrogen-bond donors (Lipinski definition) is 4. The highest BCUT2D eigenvalue weighted by Crippen LogP contribution is 2.12. The smallest absolute Gasteiger partial charge is 0.180 e. The number of nitrogens with one attached hydrogen (secondary N) is 1. The van der Waals surface area contributed by atoms with Gasteiger partial charge in [0.2, 0.25) is 0 Å². The minimum atomic E-state index is -0.921. The van der Waals surface area contributed by atoms with Gasteiger partial charge in [0.25, 0.3) is 0 Å². The summed E-state index contributed by atoms with van der Waals surface area (Å²) in [5.74, 6) is 0. The van der Waals surface area contributed by atoms with Crippen LogP contribution in [-0.2, 0) is 4.74 Å². The van der Waals surface area contributed by atoms with Gasteiger partial charge >= 0.3 is 0 Å². The van der Waals surface area contributed by atoms with Crippen molar-refractivity contribution in [3.8, 4) is 0 Å². The van der Waals surface area contributed by atoms with E-state index in [0.29, 0.717) is 0 Å². The molecule has 0 spiro atoms. The monoisotopic (exact) mass is 268 g/mol. The molecule has 1 aliphatic heterocycles. The SMILES string of the molecule is Cc1ncnc2nc[nH]c12.OC[C@H]1OC[C@H](O)[C@@H]1O. The van der Waals surface area contributed by atoms with Crippen molar-refractivity contribution in [1.29, 1.82) is 0 Å². The Morgan fingerprint density at radius 3 is 2.68 bits per heavy atom. The number of H-pyrrole nitrogens is 1. The zero-order chi connectivity index (χ0) is 13.8.